The highest BCUT2D eigenvalue weighted by atomic mass is 16.5. The minimum atomic E-state index is 0.381. The van der Waals surface area contributed by atoms with E-state index in [-0.39, 0.29) is 0 Å². The molecule has 0 bridgehead atoms. The van der Waals surface area contributed by atoms with E-state index in [4.69, 9.17) is 18.7 Å². The summed E-state index contributed by atoms with van der Waals surface area (Å²) in [4.78, 5) is 8.73. The van der Waals surface area contributed by atoms with Gasteiger partial charge in [-0.2, -0.15) is 4.98 Å². The van der Waals surface area contributed by atoms with Crippen molar-refractivity contribution in [3.63, 3.8) is 0 Å². The van der Waals surface area contributed by atoms with Crippen LogP contribution in [0, 0.1) is 0 Å². The highest BCUT2D eigenvalue weighted by Gasteiger charge is 2.14. The molecule has 9 heteroatoms. The molecule has 2 aromatic carbocycles. The number of nitrogens with zero attached hydrogens (tertiary/aromatic N) is 3. The molecule has 0 aliphatic heterocycles. The predicted molar refractivity (Wildman–Crippen MR) is 117 cm³/mol. The number of anilines is 4. The summed E-state index contributed by atoms with van der Waals surface area (Å²) in [6.45, 7) is 0. The molecule has 0 saturated carbocycles. The molecular weight excluding hydrogens is 398 g/mol. The second-order valence-corrected chi connectivity index (χ2v) is 6.37. The molecule has 9 nitrogen and oxygen atoms in total. The van der Waals surface area contributed by atoms with E-state index in [1.54, 1.807) is 45.7 Å². The van der Waals surface area contributed by atoms with Gasteiger partial charge in [-0.25, -0.2) is 4.98 Å². The first-order valence-electron chi connectivity index (χ1n) is 9.39. The molecule has 2 heterocycles. The van der Waals surface area contributed by atoms with Gasteiger partial charge in [0.2, 0.25) is 11.7 Å². The fourth-order valence-electron chi connectivity index (χ4n) is 2.97. The lowest BCUT2D eigenvalue weighted by Crippen LogP contribution is -2.02. The highest BCUT2D eigenvalue weighted by Crippen LogP contribution is 2.40. The van der Waals surface area contributed by atoms with E-state index in [1.165, 1.54) is 0 Å². The van der Waals surface area contributed by atoms with E-state index in [2.05, 4.69) is 25.8 Å². The van der Waals surface area contributed by atoms with E-state index < -0.39 is 0 Å². The molecule has 0 amide bonds. The van der Waals surface area contributed by atoms with Crippen LogP contribution in [-0.4, -0.2) is 36.5 Å². The third-order valence-corrected chi connectivity index (χ3v) is 4.40. The summed E-state index contributed by atoms with van der Waals surface area (Å²) in [5.41, 5.74) is 1.62. The van der Waals surface area contributed by atoms with E-state index in [0.29, 0.717) is 46.3 Å². The standard InChI is InChI=1S/C22H21N5O4/c1-28-17-11-15(12-18(29-2)21(17)30-3)24-22-23-10-9-19(26-22)25-20-13-16(31-27-20)14-7-5-4-6-8-14/h4-13H,1-3H3,(H2,23,24,25,26,27). The number of benzene rings is 2. The Hall–Kier alpha value is -4.27. The molecule has 0 unspecified atom stereocenters. The number of hydrogen-bond donors (Lipinski definition) is 2. The third kappa shape index (κ3) is 4.50. The maximum Gasteiger partial charge on any atom is 0.229 e. The zero-order valence-corrected chi connectivity index (χ0v) is 17.2. The molecule has 4 aromatic rings. The van der Waals surface area contributed by atoms with Gasteiger partial charge in [0.15, 0.2) is 23.1 Å². The smallest absolute Gasteiger partial charge is 0.229 e. The molecule has 4 rings (SSSR count). The first-order valence-corrected chi connectivity index (χ1v) is 9.39. The van der Waals surface area contributed by atoms with Crippen molar-refractivity contribution in [3.05, 3.63) is 60.8 Å². The summed E-state index contributed by atoms with van der Waals surface area (Å²) in [5, 5.41) is 10.3. The van der Waals surface area contributed by atoms with Crippen LogP contribution < -0.4 is 24.8 Å². The summed E-state index contributed by atoms with van der Waals surface area (Å²) in [5.74, 6) is 3.68. The molecule has 0 saturated heterocycles. The minimum absolute atomic E-state index is 0.381. The average Bonchev–Trinajstić information content (AvgIpc) is 3.27. The monoisotopic (exact) mass is 419 g/mol. The number of nitrogens with one attached hydrogen (secondary N) is 2. The van der Waals surface area contributed by atoms with Gasteiger partial charge in [0.25, 0.3) is 0 Å². The Morgan fingerprint density at radius 1 is 0.806 bits per heavy atom. The number of aromatic nitrogens is 3. The average molecular weight is 419 g/mol. The molecular formula is C22H21N5O4. The van der Waals surface area contributed by atoms with Crippen molar-refractivity contribution >= 4 is 23.3 Å². The Labute approximate surface area is 179 Å². The van der Waals surface area contributed by atoms with Crippen molar-refractivity contribution < 1.29 is 18.7 Å². The Morgan fingerprint density at radius 3 is 2.23 bits per heavy atom. The van der Waals surface area contributed by atoms with Gasteiger partial charge in [-0.15, -0.1) is 0 Å². The normalized spacial score (nSPS) is 10.4. The van der Waals surface area contributed by atoms with Crippen LogP contribution in [0.15, 0.2) is 65.3 Å². The molecule has 2 aromatic heterocycles. The first kappa shape index (κ1) is 20.0. The zero-order chi connectivity index (χ0) is 21.6. The molecule has 31 heavy (non-hydrogen) atoms. The maximum atomic E-state index is 5.41. The Kier molecular flexibility index (Phi) is 5.84. The van der Waals surface area contributed by atoms with Gasteiger partial charge >= 0.3 is 0 Å². The lowest BCUT2D eigenvalue weighted by Gasteiger charge is -2.14. The van der Waals surface area contributed by atoms with Crippen molar-refractivity contribution in [2.24, 2.45) is 0 Å². The van der Waals surface area contributed by atoms with Crippen molar-refractivity contribution in [2.45, 2.75) is 0 Å². The molecule has 0 atom stereocenters. The van der Waals surface area contributed by atoms with Crippen LogP contribution in [0.1, 0.15) is 0 Å². The predicted octanol–water partition coefficient (Wildman–Crippen LogP) is 4.64. The molecule has 158 valence electrons. The van der Waals surface area contributed by atoms with Crippen LogP contribution in [0.4, 0.5) is 23.3 Å². The van der Waals surface area contributed by atoms with Crippen LogP contribution in [0.2, 0.25) is 0 Å². The number of ether oxygens (including phenoxy) is 3. The van der Waals surface area contributed by atoms with Gasteiger partial charge in [0, 0.05) is 35.6 Å². The summed E-state index contributed by atoms with van der Waals surface area (Å²) >= 11 is 0. The van der Waals surface area contributed by atoms with Gasteiger partial charge in [-0.1, -0.05) is 35.5 Å². The van der Waals surface area contributed by atoms with Gasteiger partial charge in [0.05, 0.1) is 21.3 Å². The number of rotatable bonds is 8. The summed E-state index contributed by atoms with van der Waals surface area (Å²) in [7, 11) is 4.67. The lowest BCUT2D eigenvalue weighted by molar-refractivity contribution is 0.324. The van der Waals surface area contributed by atoms with Gasteiger partial charge < -0.3 is 29.4 Å². The lowest BCUT2D eigenvalue weighted by atomic mass is 10.2. The van der Waals surface area contributed by atoms with E-state index in [1.807, 2.05) is 36.4 Å². The second kappa shape index (κ2) is 9.04. The van der Waals surface area contributed by atoms with E-state index in [0.717, 1.165) is 5.56 Å². The number of hydrogen-bond acceptors (Lipinski definition) is 9. The van der Waals surface area contributed by atoms with Crippen molar-refractivity contribution in [1.82, 2.24) is 15.1 Å². The number of methoxy groups -OCH3 is 3. The Bertz CT molecular complexity index is 1140. The Morgan fingerprint density at radius 2 is 1.55 bits per heavy atom. The van der Waals surface area contributed by atoms with Gasteiger partial charge in [-0.3, -0.25) is 0 Å². The first-order chi connectivity index (χ1) is 15.2. The van der Waals surface area contributed by atoms with Crippen LogP contribution in [0.3, 0.4) is 0 Å². The minimum Gasteiger partial charge on any atom is -0.493 e. The van der Waals surface area contributed by atoms with Crippen molar-refractivity contribution in [3.8, 4) is 28.6 Å². The molecule has 0 aliphatic rings. The quantitative estimate of drug-likeness (QED) is 0.422. The highest BCUT2D eigenvalue weighted by molar-refractivity contribution is 5.67. The summed E-state index contributed by atoms with van der Waals surface area (Å²) in [6, 6.07) is 16.8. The van der Waals surface area contributed by atoms with Crippen molar-refractivity contribution in [2.75, 3.05) is 32.0 Å². The van der Waals surface area contributed by atoms with Gasteiger partial charge in [0.1, 0.15) is 5.82 Å². The fraction of sp³-hybridized carbons (Fsp3) is 0.136. The SMILES string of the molecule is COc1cc(Nc2nccc(Nc3cc(-c4ccccc4)on3)n2)cc(OC)c1OC. The summed E-state index contributed by atoms with van der Waals surface area (Å²) < 4.78 is 21.5. The largest absolute Gasteiger partial charge is 0.493 e. The Balaban J connectivity index is 1.52. The molecule has 0 aliphatic carbocycles. The van der Waals surface area contributed by atoms with Crippen molar-refractivity contribution in [1.29, 1.82) is 0 Å². The molecule has 0 fully saturated rings. The molecule has 0 radical (unpaired) electrons. The molecule has 0 spiro atoms. The fourth-order valence-corrected chi connectivity index (χ4v) is 2.97. The summed E-state index contributed by atoms with van der Waals surface area (Å²) in [6.07, 6.45) is 1.63. The van der Waals surface area contributed by atoms with Crippen LogP contribution in [0.25, 0.3) is 11.3 Å². The third-order valence-electron chi connectivity index (χ3n) is 4.40. The van der Waals surface area contributed by atoms with E-state index in [9.17, 15) is 0 Å². The molecule has 2 N–H and O–H groups in total. The van der Waals surface area contributed by atoms with E-state index >= 15 is 0 Å². The second-order valence-electron chi connectivity index (χ2n) is 6.37. The maximum absolute atomic E-state index is 5.41. The van der Waals surface area contributed by atoms with Crippen LogP contribution >= 0.6 is 0 Å². The van der Waals surface area contributed by atoms with Gasteiger partial charge in [-0.05, 0) is 6.07 Å². The zero-order valence-electron chi connectivity index (χ0n) is 17.2. The van der Waals surface area contributed by atoms with Crippen LogP contribution in [0.5, 0.6) is 17.2 Å². The topological polar surface area (TPSA) is 104 Å². The van der Waals surface area contributed by atoms with Crippen LogP contribution in [-0.2, 0) is 0 Å².